The second kappa shape index (κ2) is 14.3. The van der Waals surface area contributed by atoms with E-state index in [1.54, 1.807) is 0 Å². The third-order valence-corrected chi connectivity index (χ3v) is 14.0. The first kappa shape index (κ1) is 35.7. The molecule has 63 heavy (non-hydrogen) atoms. The minimum atomic E-state index is 0.892. The molecule has 13 aromatic rings. The molecule has 0 saturated carbocycles. The summed E-state index contributed by atoms with van der Waals surface area (Å²) < 4.78 is 9.24. The van der Waals surface area contributed by atoms with Crippen LogP contribution in [0.15, 0.2) is 229 Å². The number of hydrogen-bond acceptors (Lipinski definition) is 3. The first-order valence-electron chi connectivity index (χ1n) is 21.5. The summed E-state index contributed by atoms with van der Waals surface area (Å²) in [6.07, 6.45) is 0. The minimum Gasteiger partial charge on any atom is -0.455 e. The van der Waals surface area contributed by atoms with Crippen molar-refractivity contribution in [2.75, 3.05) is 4.90 Å². The number of benzene rings is 11. The summed E-state index contributed by atoms with van der Waals surface area (Å²) in [5.41, 5.74) is 12.1. The lowest BCUT2D eigenvalue weighted by atomic mass is 9.97. The van der Waals surface area contributed by atoms with Crippen molar-refractivity contribution in [1.29, 1.82) is 0 Å². The minimum absolute atomic E-state index is 0.892. The van der Waals surface area contributed by atoms with Crippen molar-refractivity contribution in [2.24, 2.45) is 0 Å². The van der Waals surface area contributed by atoms with Crippen LogP contribution in [0.2, 0.25) is 0 Å². The molecule has 2 nitrogen and oxygen atoms in total. The van der Waals surface area contributed by atoms with Crippen LogP contribution >= 0.6 is 11.3 Å². The molecule has 294 valence electrons. The lowest BCUT2D eigenvalue weighted by molar-refractivity contribution is 0.673. The molecule has 0 aliphatic carbocycles. The Morgan fingerprint density at radius 2 is 0.889 bits per heavy atom. The van der Waals surface area contributed by atoms with Crippen molar-refractivity contribution in [1.82, 2.24) is 0 Å². The lowest BCUT2D eigenvalue weighted by Gasteiger charge is -2.26. The molecule has 2 heterocycles. The van der Waals surface area contributed by atoms with E-state index in [0.29, 0.717) is 0 Å². The Bertz CT molecular complexity index is 3910. The van der Waals surface area contributed by atoms with Crippen molar-refractivity contribution in [3.63, 3.8) is 0 Å². The summed E-state index contributed by atoms with van der Waals surface area (Å²) in [5.74, 6) is 0. The van der Waals surface area contributed by atoms with Gasteiger partial charge in [-0.25, -0.2) is 0 Å². The molecule has 0 amide bonds. The van der Waals surface area contributed by atoms with E-state index in [-0.39, 0.29) is 0 Å². The summed E-state index contributed by atoms with van der Waals surface area (Å²) in [6, 6.07) is 81.8. The molecular formula is C60H37NOS. The van der Waals surface area contributed by atoms with Gasteiger partial charge in [0.2, 0.25) is 0 Å². The SMILES string of the molecule is c1cc(-c2cccc3oc4c5ccccc5ccc4c23)cc(N(c2ccc(-c3ccc4c(ccc5ccccc54)c3)cc2)c2ccc(-c3ccc4c(c3)sc3ccccc34)cc2)c1. The molecule has 0 fully saturated rings. The molecular weight excluding hydrogens is 783 g/mol. The summed E-state index contributed by atoms with van der Waals surface area (Å²) >= 11 is 1.86. The van der Waals surface area contributed by atoms with E-state index in [9.17, 15) is 0 Å². The number of rotatable bonds is 6. The normalized spacial score (nSPS) is 11.8. The standard InChI is InChI=1S/C60H37NOS/c1-3-13-49-40(9-1)19-20-45-35-42(26-32-50(45)49)38-21-28-46(29-22-38)61(47-30-23-39(24-31-47)43-27-33-54-53-15-5-6-18-57(53)63-58(54)37-43)48-12-7-11-44(36-48)51-16-8-17-56-59(51)55-34-25-41-10-2-4-14-52(41)60(55)62-56/h1-37H. The number of fused-ring (bicyclic) bond motifs is 11. The predicted molar refractivity (Wildman–Crippen MR) is 270 cm³/mol. The fourth-order valence-electron chi connectivity index (χ4n) is 9.76. The van der Waals surface area contributed by atoms with Crippen LogP contribution in [0.25, 0.3) is 108 Å². The van der Waals surface area contributed by atoms with E-state index < -0.39 is 0 Å². The third-order valence-electron chi connectivity index (χ3n) is 12.8. The average molecular weight is 820 g/mol. The topological polar surface area (TPSA) is 16.4 Å². The van der Waals surface area contributed by atoms with E-state index in [1.165, 1.54) is 69.4 Å². The van der Waals surface area contributed by atoms with Crippen molar-refractivity contribution in [2.45, 2.75) is 0 Å². The first-order chi connectivity index (χ1) is 31.2. The predicted octanol–water partition coefficient (Wildman–Crippen LogP) is 17.9. The Balaban J connectivity index is 0.919. The number of anilines is 3. The van der Waals surface area contributed by atoms with Crippen LogP contribution in [0, 0.1) is 0 Å². The highest BCUT2D eigenvalue weighted by Gasteiger charge is 2.18. The quantitative estimate of drug-likeness (QED) is 0.155. The van der Waals surface area contributed by atoms with Crippen LogP contribution in [0.3, 0.4) is 0 Å². The molecule has 0 unspecified atom stereocenters. The number of hydrogen-bond donors (Lipinski definition) is 0. The van der Waals surface area contributed by atoms with Gasteiger partial charge in [0.25, 0.3) is 0 Å². The van der Waals surface area contributed by atoms with Crippen LogP contribution in [0.4, 0.5) is 17.1 Å². The van der Waals surface area contributed by atoms with E-state index >= 15 is 0 Å². The average Bonchev–Trinajstić information content (AvgIpc) is 3.93. The molecule has 0 spiro atoms. The number of nitrogens with zero attached hydrogens (tertiary/aromatic N) is 1. The highest BCUT2D eigenvalue weighted by molar-refractivity contribution is 7.25. The van der Waals surface area contributed by atoms with Gasteiger partial charge in [-0.15, -0.1) is 11.3 Å². The van der Waals surface area contributed by atoms with Crippen LogP contribution in [0.5, 0.6) is 0 Å². The van der Waals surface area contributed by atoms with E-state index in [0.717, 1.165) is 55.5 Å². The van der Waals surface area contributed by atoms with Gasteiger partial charge in [0, 0.05) is 53.4 Å². The molecule has 0 atom stereocenters. The number of furan rings is 1. The third kappa shape index (κ3) is 5.93. The van der Waals surface area contributed by atoms with Crippen molar-refractivity contribution < 1.29 is 4.42 Å². The highest BCUT2D eigenvalue weighted by Crippen LogP contribution is 2.43. The van der Waals surface area contributed by atoms with E-state index in [2.05, 4.69) is 229 Å². The molecule has 11 aromatic carbocycles. The fraction of sp³-hybridized carbons (Fsp3) is 0. The summed E-state index contributed by atoms with van der Waals surface area (Å²) in [7, 11) is 0. The van der Waals surface area contributed by atoms with Gasteiger partial charge in [-0.1, -0.05) is 158 Å². The second-order valence-corrected chi connectivity index (χ2v) is 17.5. The van der Waals surface area contributed by atoms with Gasteiger partial charge < -0.3 is 9.32 Å². The van der Waals surface area contributed by atoms with Crippen LogP contribution in [-0.2, 0) is 0 Å². The molecule has 0 bridgehead atoms. The van der Waals surface area contributed by atoms with Crippen molar-refractivity contribution in [3.05, 3.63) is 224 Å². The molecule has 0 aliphatic rings. The van der Waals surface area contributed by atoms with Crippen LogP contribution < -0.4 is 4.90 Å². The Morgan fingerprint density at radius 1 is 0.317 bits per heavy atom. The Morgan fingerprint density at radius 3 is 1.68 bits per heavy atom. The van der Waals surface area contributed by atoms with Gasteiger partial charge in [0.1, 0.15) is 11.2 Å². The summed E-state index contributed by atoms with van der Waals surface area (Å²) in [4.78, 5) is 2.37. The van der Waals surface area contributed by atoms with E-state index in [4.69, 9.17) is 4.42 Å². The zero-order valence-electron chi connectivity index (χ0n) is 34.1. The zero-order chi connectivity index (χ0) is 41.4. The molecule has 0 saturated heterocycles. The maximum absolute atomic E-state index is 6.61. The van der Waals surface area contributed by atoms with Gasteiger partial charge in [0.15, 0.2) is 0 Å². The summed E-state index contributed by atoms with van der Waals surface area (Å²) in [6.45, 7) is 0. The van der Waals surface area contributed by atoms with Crippen molar-refractivity contribution >= 4 is 103 Å². The molecule has 13 rings (SSSR count). The molecule has 0 radical (unpaired) electrons. The fourth-order valence-corrected chi connectivity index (χ4v) is 10.9. The van der Waals surface area contributed by atoms with Crippen LogP contribution in [0.1, 0.15) is 0 Å². The Hall–Kier alpha value is -7.98. The lowest BCUT2D eigenvalue weighted by Crippen LogP contribution is -2.10. The van der Waals surface area contributed by atoms with Gasteiger partial charge in [-0.3, -0.25) is 0 Å². The second-order valence-electron chi connectivity index (χ2n) is 16.5. The Kier molecular flexibility index (Phi) is 8.12. The van der Waals surface area contributed by atoms with Crippen LogP contribution in [-0.4, -0.2) is 0 Å². The Labute approximate surface area is 368 Å². The number of thiophene rings is 1. The van der Waals surface area contributed by atoms with Gasteiger partial charge in [0.05, 0.1) is 0 Å². The smallest absolute Gasteiger partial charge is 0.143 e. The molecule has 0 N–H and O–H groups in total. The monoisotopic (exact) mass is 819 g/mol. The summed E-state index contributed by atoms with van der Waals surface area (Å²) in [5, 5.41) is 12.3. The first-order valence-corrected chi connectivity index (χ1v) is 22.3. The van der Waals surface area contributed by atoms with E-state index in [1.807, 2.05) is 11.3 Å². The largest absolute Gasteiger partial charge is 0.455 e. The zero-order valence-corrected chi connectivity index (χ0v) is 34.9. The van der Waals surface area contributed by atoms with Gasteiger partial charge in [-0.2, -0.15) is 0 Å². The molecule has 0 aliphatic heterocycles. The highest BCUT2D eigenvalue weighted by atomic mass is 32.1. The van der Waals surface area contributed by atoms with Gasteiger partial charge >= 0.3 is 0 Å². The molecule has 3 heteroatoms. The van der Waals surface area contributed by atoms with Crippen molar-refractivity contribution in [3.8, 4) is 33.4 Å². The maximum Gasteiger partial charge on any atom is 0.143 e. The maximum atomic E-state index is 6.61. The van der Waals surface area contributed by atoms with Gasteiger partial charge in [-0.05, 0) is 127 Å². The molecule has 2 aromatic heterocycles.